The summed E-state index contributed by atoms with van der Waals surface area (Å²) in [6.07, 6.45) is 5.09. The molecule has 1 aromatic rings. The molecule has 4 heteroatoms. The largest absolute Gasteiger partial charge is 0.294 e. The van der Waals surface area contributed by atoms with Crippen LogP contribution in [-0.4, -0.2) is 28.4 Å². The molecule has 1 aromatic heterocycles. The first kappa shape index (κ1) is 13.3. The van der Waals surface area contributed by atoms with E-state index in [2.05, 4.69) is 23.7 Å². The van der Waals surface area contributed by atoms with Crippen LogP contribution in [0.3, 0.4) is 0 Å². The summed E-state index contributed by atoms with van der Waals surface area (Å²) in [5.41, 5.74) is 1.19. The Bertz CT molecular complexity index is 343. The molecular formula is C13H21ClN2S. The molecule has 0 spiro atoms. The second-order valence-electron chi connectivity index (χ2n) is 4.85. The zero-order valence-corrected chi connectivity index (χ0v) is 12.3. The molecule has 0 radical (unpaired) electrons. The normalized spacial score (nSPS) is 21.9. The molecule has 2 rings (SSSR count). The van der Waals surface area contributed by atoms with Crippen molar-refractivity contribution >= 4 is 22.9 Å². The van der Waals surface area contributed by atoms with E-state index in [0.717, 1.165) is 18.8 Å². The maximum absolute atomic E-state index is 5.89. The lowest BCUT2D eigenvalue weighted by Gasteiger charge is -2.34. The molecule has 1 saturated heterocycles. The third-order valence-corrected chi connectivity index (χ3v) is 4.88. The summed E-state index contributed by atoms with van der Waals surface area (Å²) in [6, 6.07) is 0.672. The Labute approximate surface area is 113 Å². The van der Waals surface area contributed by atoms with Crippen LogP contribution in [0.25, 0.3) is 0 Å². The first-order valence-corrected chi connectivity index (χ1v) is 7.78. The SMILES string of the molecule is Cc1nc(CN2CCCCC2CCCl)sc1C. The highest BCUT2D eigenvalue weighted by Gasteiger charge is 2.22. The number of aryl methyl sites for hydroxylation is 2. The molecule has 1 aliphatic heterocycles. The first-order chi connectivity index (χ1) is 8.20. The molecular weight excluding hydrogens is 252 g/mol. The van der Waals surface area contributed by atoms with Crippen LogP contribution in [0.1, 0.15) is 41.3 Å². The summed E-state index contributed by atoms with van der Waals surface area (Å²) in [5.74, 6) is 0.775. The molecule has 17 heavy (non-hydrogen) atoms. The van der Waals surface area contributed by atoms with Crippen LogP contribution in [0.2, 0.25) is 0 Å². The molecule has 0 aliphatic carbocycles. The van der Waals surface area contributed by atoms with Crippen molar-refractivity contribution in [2.45, 2.75) is 52.1 Å². The zero-order chi connectivity index (χ0) is 12.3. The average molecular weight is 273 g/mol. The van der Waals surface area contributed by atoms with Crippen LogP contribution >= 0.6 is 22.9 Å². The van der Waals surface area contributed by atoms with Gasteiger partial charge in [-0.25, -0.2) is 4.98 Å². The topological polar surface area (TPSA) is 16.1 Å². The van der Waals surface area contributed by atoms with E-state index < -0.39 is 0 Å². The molecule has 0 aromatic carbocycles. The number of hydrogen-bond donors (Lipinski definition) is 0. The van der Waals surface area contributed by atoms with E-state index in [1.807, 2.05) is 11.3 Å². The van der Waals surface area contributed by atoms with Crippen LogP contribution in [0.5, 0.6) is 0 Å². The van der Waals surface area contributed by atoms with Crippen LogP contribution in [0.15, 0.2) is 0 Å². The predicted molar refractivity (Wildman–Crippen MR) is 75.0 cm³/mol. The van der Waals surface area contributed by atoms with Crippen LogP contribution in [0.4, 0.5) is 0 Å². The highest BCUT2D eigenvalue weighted by Crippen LogP contribution is 2.24. The summed E-state index contributed by atoms with van der Waals surface area (Å²) in [6.45, 7) is 6.48. The minimum absolute atomic E-state index is 0.672. The van der Waals surface area contributed by atoms with Crippen molar-refractivity contribution in [3.8, 4) is 0 Å². The number of likely N-dealkylation sites (tertiary alicyclic amines) is 1. The second-order valence-corrected chi connectivity index (χ2v) is 6.51. The van der Waals surface area contributed by atoms with Gasteiger partial charge in [-0.15, -0.1) is 22.9 Å². The van der Waals surface area contributed by atoms with Gasteiger partial charge < -0.3 is 0 Å². The van der Waals surface area contributed by atoms with Crippen molar-refractivity contribution in [2.75, 3.05) is 12.4 Å². The molecule has 0 bridgehead atoms. The van der Waals surface area contributed by atoms with Gasteiger partial charge in [0.2, 0.25) is 0 Å². The molecule has 0 saturated carbocycles. The smallest absolute Gasteiger partial charge is 0.107 e. The molecule has 1 unspecified atom stereocenters. The van der Waals surface area contributed by atoms with Gasteiger partial charge in [0, 0.05) is 16.8 Å². The highest BCUT2D eigenvalue weighted by molar-refractivity contribution is 7.11. The highest BCUT2D eigenvalue weighted by atomic mass is 35.5. The number of aromatic nitrogens is 1. The number of alkyl halides is 1. The minimum atomic E-state index is 0.672. The molecule has 1 aliphatic rings. The van der Waals surface area contributed by atoms with E-state index >= 15 is 0 Å². The van der Waals surface area contributed by atoms with Crippen LogP contribution in [-0.2, 0) is 6.54 Å². The van der Waals surface area contributed by atoms with Crippen molar-refractivity contribution in [1.82, 2.24) is 9.88 Å². The first-order valence-electron chi connectivity index (χ1n) is 6.43. The van der Waals surface area contributed by atoms with Crippen molar-refractivity contribution < 1.29 is 0 Å². The lowest BCUT2D eigenvalue weighted by Crippen LogP contribution is -2.39. The molecule has 0 amide bonds. The summed E-state index contributed by atoms with van der Waals surface area (Å²) in [5, 5.41) is 1.27. The number of halogens is 1. The monoisotopic (exact) mass is 272 g/mol. The maximum Gasteiger partial charge on any atom is 0.107 e. The standard InChI is InChI=1S/C13H21ClN2S/c1-10-11(2)17-13(15-10)9-16-8-4-3-5-12(16)6-7-14/h12H,3-9H2,1-2H3. The van der Waals surface area contributed by atoms with E-state index in [-0.39, 0.29) is 0 Å². The van der Waals surface area contributed by atoms with Crippen molar-refractivity contribution in [1.29, 1.82) is 0 Å². The lowest BCUT2D eigenvalue weighted by atomic mass is 10.0. The molecule has 0 N–H and O–H groups in total. The Morgan fingerprint density at radius 3 is 2.88 bits per heavy atom. The minimum Gasteiger partial charge on any atom is -0.294 e. The van der Waals surface area contributed by atoms with E-state index in [1.165, 1.54) is 41.4 Å². The summed E-state index contributed by atoms with van der Waals surface area (Å²) in [4.78, 5) is 8.57. The van der Waals surface area contributed by atoms with Gasteiger partial charge in [-0.1, -0.05) is 6.42 Å². The van der Waals surface area contributed by atoms with Gasteiger partial charge >= 0.3 is 0 Å². The molecule has 2 heterocycles. The fraction of sp³-hybridized carbons (Fsp3) is 0.769. The number of nitrogens with zero attached hydrogens (tertiary/aromatic N) is 2. The Hall–Kier alpha value is -0.120. The summed E-state index contributed by atoms with van der Waals surface area (Å²) >= 11 is 7.74. The van der Waals surface area contributed by atoms with Gasteiger partial charge in [0.25, 0.3) is 0 Å². The van der Waals surface area contributed by atoms with E-state index in [4.69, 9.17) is 11.6 Å². The van der Waals surface area contributed by atoms with Gasteiger partial charge in [0.05, 0.1) is 12.2 Å². The molecule has 1 fully saturated rings. The molecule has 1 atom stereocenters. The van der Waals surface area contributed by atoms with Crippen molar-refractivity contribution in [3.05, 3.63) is 15.6 Å². The Kier molecular flexibility index (Phi) is 4.83. The number of rotatable bonds is 4. The molecule has 96 valence electrons. The van der Waals surface area contributed by atoms with E-state index in [1.54, 1.807) is 0 Å². The van der Waals surface area contributed by atoms with Gasteiger partial charge in [-0.2, -0.15) is 0 Å². The predicted octanol–water partition coefficient (Wildman–Crippen LogP) is 3.74. The molecule has 2 nitrogen and oxygen atoms in total. The van der Waals surface area contributed by atoms with Crippen LogP contribution < -0.4 is 0 Å². The maximum atomic E-state index is 5.89. The van der Waals surface area contributed by atoms with Crippen LogP contribution in [0, 0.1) is 13.8 Å². The Morgan fingerprint density at radius 1 is 1.41 bits per heavy atom. The third kappa shape index (κ3) is 3.43. The van der Waals surface area contributed by atoms with Gasteiger partial charge in [-0.05, 0) is 39.7 Å². The Morgan fingerprint density at radius 2 is 2.24 bits per heavy atom. The van der Waals surface area contributed by atoms with E-state index in [0.29, 0.717) is 6.04 Å². The van der Waals surface area contributed by atoms with Gasteiger partial charge in [0.15, 0.2) is 0 Å². The quantitative estimate of drug-likeness (QED) is 0.776. The summed E-state index contributed by atoms with van der Waals surface area (Å²) < 4.78 is 0. The second kappa shape index (κ2) is 6.17. The fourth-order valence-electron chi connectivity index (χ4n) is 2.50. The summed E-state index contributed by atoms with van der Waals surface area (Å²) in [7, 11) is 0. The fourth-order valence-corrected chi connectivity index (χ4v) is 3.71. The number of piperidine rings is 1. The Balaban J connectivity index is 2.00. The third-order valence-electron chi connectivity index (χ3n) is 3.60. The zero-order valence-electron chi connectivity index (χ0n) is 10.7. The average Bonchev–Trinajstić information content (AvgIpc) is 2.61. The number of thiazole rings is 1. The number of hydrogen-bond acceptors (Lipinski definition) is 3. The lowest BCUT2D eigenvalue weighted by molar-refractivity contribution is 0.136. The van der Waals surface area contributed by atoms with Gasteiger partial charge in [-0.3, -0.25) is 4.90 Å². The van der Waals surface area contributed by atoms with Crippen molar-refractivity contribution in [3.63, 3.8) is 0 Å². The van der Waals surface area contributed by atoms with Crippen molar-refractivity contribution in [2.24, 2.45) is 0 Å². The van der Waals surface area contributed by atoms with Gasteiger partial charge in [0.1, 0.15) is 5.01 Å². The van der Waals surface area contributed by atoms with E-state index in [9.17, 15) is 0 Å².